The van der Waals surface area contributed by atoms with Gasteiger partial charge in [-0.2, -0.15) is 0 Å². The molecule has 2 rings (SSSR count). The maximum atomic E-state index is 10.7. The van der Waals surface area contributed by atoms with Gasteiger partial charge in [0.2, 0.25) is 0 Å². The Morgan fingerprint density at radius 2 is 2.16 bits per heavy atom. The van der Waals surface area contributed by atoms with Crippen LogP contribution >= 0.6 is 27.5 Å². The van der Waals surface area contributed by atoms with Crippen molar-refractivity contribution in [3.63, 3.8) is 0 Å². The van der Waals surface area contributed by atoms with Crippen LogP contribution in [0.3, 0.4) is 0 Å². The largest absolute Gasteiger partial charge is 0.486 e. The van der Waals surface area contributed by atoms with Gasteiger partial charge in [0.25, 0.3) is 0 Å². The van der Waals surface area contributed by atoms with Crippen LogP contribution in [0, 0.1) is 0 Å². The average Bonchev–Trinajstić information content (AvgIpc) is 2.38. The first-order chi connectivity index (χ1) is 9.06. The molecular weight excluding hydrogens is 334 g/mol. The van der Waals surface area contributed by atoms with Gasteiger partial charge in [-0.15, -0.1) is 0 Å². The number of rotatable bonds is 4. The highest BCUT2D eigenvalue weighted by molar-refractivity contribution is 9.10. The van der Waals surface area contributed by atoms with Crippen molar-refractivity contribution in [1.82, 2.24) is 4.98 Å². The zero-order valence-corrected chi connectivity index (χ0v) is 12.0. The molecule has 0 saturated carbocycles. The summed E-state index contributed by atoms with van der Waals surface area (Å²) in [5.74, 6) is -0.353. The van der Waals surface area contributed by atoms with Crippen molar-refractivity contribution in [2.75, 3.05) is 0 Å². The lowest BCUT2D eigenvalue weighted by Gasteiger charge is -2.08. The van der Waals surface area contributed by atoms with E-state index in [1.165, 1.54) is 12.3 Å². The first-order valence-electron chi connectivity index (χ1n) is 5.32. The third kappa shape index (κ3) is 3.68. The van der Waals surface area contributed by atoms with Gasteiger partial charge in [0.05, 0.1) is 15.7 Å². The molecule has 0 spiro atoms. The SMILES string of the molecule is O=C(O)c1ccc(COc2ccc(Cl)cc2Br)nc1. The van der Waals surface area contributed by atoms with E-state index in [1.54, 1.807) is 24.3 Å². The molecule has 0 atom stereocenters. The molecule has 0 unspecified atom stereocenters. The molecule has 0 fully saturated rings. The molecule has 0 saturated heterocycles. The Morgan fingerprint density at radius 3 is 2.74 bits per heavy atom. The minimum absolute atomic E-state index is 0.149. The van der Waals surface area contributed by atoms with Gasteiger partial charge in [-0.3, -0.25) is 4.98 Å². The number of nitrogens with zero attached hydrogens (tertiary/aromatic N) is 1. The molecule has 2 aromatic rings. The van der Waals surface area contributed by atoms with E-state index in [0.717, 1.165) is 4.47 Å². The lowest BCUT2D eigenvalue weighted by molar-refractivity contribution is 0.0696. The first-order valence-corrected chi connectivity index (χ1v) is 6.49. The van der Waals surface area contributed by atoms with E-state index in [-0.39, 0.29) is 12.2 Å². The van der Waals surface area contributed by atoms with Gasteiger partial charge < -0.3 is 9.84 Å². The first kappa shape index (κ1) is 13.8. The Morgan fingerprint density at radius 1 is 1.37 bits per heavy atom. The lowest BCUT2D eigenvalue weighted by atomic mass is 10.2. The zero-order chi connectivity index (χ0) is 13.8. The minimum atomic E-state index is -1.000. The average molecular weight is 343 g/mol. The summed E-state index contributed by atoms with van der Waals surface area (Å²) in [7, 11) is 0. The Labute approximate surface area is 123 Å². The van der Waals surface area contributed by atoms with Crippen molar-refractivity contribution in [2.24, 2.45) is 0 Å². The highest BCUT2D eigenvalue weighted by atomic mass is 79.9. The summed E-state index contributed by atoms with van der Waals surface area (Å²) >= 11 is 9.17. The molecule has 0 aliphatic rings. The van der Waals surface area contributed by atoms with E-state index >= 15 is 0 Å². The Bertz CT molecular complexity index is 601. The third-order valence-corrected chi connectivity index (χ3v) is 3.20. The number of benzene rings is 1. The molecular formula is C13H9BrClNO3. The molecule has 0 amide bonds. The van der Waals surface area contributed by atoms with Gasteiger partial charge in [-0.1, -0.05) is 11.6 Å². The number of carboxylic acid groups (broad SMARTS) is 1. The predicted molar refractivity (Wildman–Crippen MR) is 74.7 cm³/mol. The Balaban J connectivity index is 2.04. The molecule has 1 N–H and O–H groups in total. The van der Waals surface area contributed by atoms with Crippen LogP contribution in [0.5, 0.6) is 5.75 Å². The summed E-state index contributed by atoms with van der Waals surface area (Å²) in [5, 5.41) is 9.37. The second kappa shape index (κ2) is 6.04. The van der Waals surface area contributed by atoms with Crippen LogP contribution in [0.15, 0.2) is 41.0 Å². The van der Waals surface area contributed by atoms with E-state index in [1.807, 2.05) is 0 Å². The molecule has 1 heterocycles. The van der Waals surface area contributed by atoms with Crippen LogP contribution in [0.4, 0.5) is 0 Å². The number of carbonyl (C=O) groups is 1. The van der Waals surface area contributed by atoms with E-state index in [0.29, 0.717) is 16.5 Å². The number of aromatic nitrogens is 1. The molecule has 0 aliphatic carbocycles. The van der Waals surface area contributed by atoms with E-state index in [2.05, 4.69) is 20.9 Å². The number of aromatic carboxylic acids is 1. The van der Waals surface area contributed by atoms with Gasteiger partial charge in [-0.25, -0.2) is 4.79 Å². The molecule has 0 bridgehead atoms. The van der Waals surface area contributed by atoms with E-state index in [9.17, 15) is 4.79 Å². The fourth-order valence-electron chi connectivity index (χ4n) is 1.38. The van der Waals surface area contributed by atoms with Crippen LogP contribution in [0.1, 0.15) is 16.1 Å². The maximum Gasteiger partial charge on any atom is 0.337 e. The minimum Gasteiger partial charge on any atom is -0.486 e. The lowest BCUT2D eigenvalue weighted by Crippen LogP contribution is -2.02. The summed E-state index contributed by atoms with van der Waals surface area (Å²) in [6.45, 7) is 0.250. The maximum absolute atomic E-state index is 10.7. The fourth-order valence-corrected chi connectivity index (χ4v) is 2.18. The van der Waals surface area contributed by atoms with Crippen molar-refractivity contribution in [3.05, 3.63) is 57.3 Å². The fraction of sp³-hybridized carbons (Fsp3) is 0.0769. The normalized spacial score (nSPS) is 10.2. The predicted octanol–water partition coefficient (Wildman–Crippen LogP) is 3.77. The smallest absolute Gasteiger partial charge is 0.337 e. The van der Waals surface area contributed by atoms with E-state index < -0.39 is 5.97 Å². The molecule has 4 nitrogen and oxygen atoms in total. The third-order valence-electron chi connectivity index (χ3n) is 2.34. The van der Waals surface area contributed by atoms with Crippen LogP contribution in [-0.2, 0) is 6.61 Å². The monoisotopic (exact) mass is 341 g/mol. The van der Waals surface area contributed by atoms with Crippen LogP contribution in [0.2, 0.25) is 5.02 Å². The van der Waals surface area contributed by atoms with Crippen molar-refractivity contribution in [1.29, 1.82) is 0 Å². The number of halogens is 2. The van der Waals surface area contributed by atoms with Crippen LogP contribution in [0.25, 0.3) is 0 Å². The van der Waals surface area contributed by atoms with Gasteiger partial charge in [0.15, 0.2) is 0 Å². The van der Waals surface area contributed by atoms with Gasteiger partial charge in [-0.05, 0) is 46.3 Å². The Kier molecular flexibility index (Phi) is 4.39. The standard InChI is InChI=1S/C13H9BrClNO3/c14-11-5-9(15)2-4-12(11)19-7-10-3-1-8(6-16-10)13(17)18/h1-6H,7H2,(H,17,18). The highest BCUT2D eigenvalue weighted by Crippen LogP contribution is 2.28. The van der Waals surface area contributed by atoms with Gasteiger partial charge >= 0.3 is 5.97 Å². The molecule has 0 aliphatic heterocycles. The second-order valence-electron chi connectivity index (χ2n) is 3.71. The number of hydrogen-bond donors (Lipinski definition) is 1. The molecule has 6 heteroatoms. The van der Waals surface area contributed by atoms with Crippen molar-refractivity contribution >= 4 is 33.5 Å². The summed E-state index contributed by atoms with van der Waals surface area (Å²) in [6.07, 6.45) is 1.30. The molecule has 1 aromatic heterocycles. The summed E-state index contributed by atoms with van der Waals surface area (Å²) in [4.78, 5) is 14.7. The number of ether oxygens (including phenoxy) is 1. The van der Waals surface area contributed by atoms with Crippen molar-refractivity contribution in [2.45, 2.75) is 6.61 Å². The van der Waals surface area contributed by atoms with Crippen LogP contribution in [-0.4, -0.2) is 16.1 Å². The summed E-state index contributed by atoms with van der Waals surface area (Å²) in [5.41, 5.74) is 0.795. The molecule has 1 aromatic carbocycles. The van der Waals surface area contributed by atoms with Crippen LogP contribution < -0.4 is 4.74 Å². The molecule has 19 heavy (non-hydrogen) atoms. The summed E-state index contributed by atoms with van der Waals surface area (Å²) < 4.78 is 6.31. The van der Waals surface area contributed by atoms with Gasteiger partial charge in [0, 0.05) is 11.2 Å². The van der Waals surface area contributed by atoms with Gasteiger partial charge in [0.1, 0.15) is 12.4 Å². The van der Waals surface area contributed by atoms with Crippen molar-refractivity contribution in [3.8, 4) is 5.75 Å². The number of pyridine rings is 1. The zero-order valence-electron chi connectivity index (χ0n) is 9.64. The topological polar surface area (TPSA) is 59.4 Å². The molecule has 0 radical (unpaired) electrons. The Hall–Kier alpha value is -1.59. The highest BCUT2D eigenvalue weighted by Gasteiger charge is 2.05. The number of carboxylic acids is 1. The van der Waals surface area contributed by atoms with E-state index in [4.69, 9.17) is 21.4 Å². The quantitative estimate of drug-likeness (QED) is 0.918. The second-order valence-corrected chi connectivity index (χ2v) is 5.00. The summed E-state index contributed by atoms with van der Waals surface area (Å²) in [6, 6.07) is 8.32. The van der Waals surface area contributed by atoms with Crippen molar-refractivity contribution < 1.29 is 14.6 Å². The molecule has 98 valence electrons. The number of hydrogen-bond acceptors (Lipinski definition) is 3.